The molecule has 0 unspecified atom stereocenters. The standard InChI is InChI=1S/C3H7O4P/c4-2-1-3-7-8(5)6/h1-2,4-6H,3H2. The highest BCUT2D eigenvalue weighted by atomic mass is 31.2. The molecule has 0 aromatic carbocycles. The van der Waals surface area contributed by atoms with Crippen LogP contribution in [0.3, 0.4) is 0 Å². The zero-order chi connectivity index (χ0) is 6.41. The second kappa shape index (κ2) is 5.00. The van der Waals surface area contributed by atoms with Crippen molar-refractivity contribution in [3.63, 3.8) is 0 Å². The lowest BCUT2D eigenvalue weighted by molar-refractivity contribution is 0.280. The summed E-state index contributed by atoms with van der Waals surface area (Å²) in [5, 5.41) is 7.96. The lowest BCUT2D eigenvalue weighted by Crippen LogP contribution is -1.81. The van der Waals surface area contributed by atoms with E-state index in [0.717, 1.165) is 6.26 Å². The van der Waals surface area contributed by atoms with Crippen molar-refractivity contribution < 1.29 is 19.4 Å². The number of aliphatic hydroxyl groups is 1. The van der Waals surface area contributed by atoms with Crippen LogP contribution in [0.5, 0.6) is 0 Å². The van der Waals surface area contributed by atoms with E-state index in [9.17, 15) is 0 Å². The van der Waals surface area contributed by atoms with Gasteiger partial charge in [-0.15, -0.1) is 0 Å². The number of rotatable bonds is 3. The Balaban J connectivity index is 2.93. The van der Waals surface area contributed by atoms with Crippen LogP contribution in [0.15, 0.2) is 12.3 Å². The minimum Gasteiger partial charge on any atom is -0.516 e. The van der Waals surface area contributed by atoms with Crippen molar-refractivity contribution in [2.24, 2.45) is 0 Å². The summed E-state index contributed by atoms with van der Waals surface area (Å²) in [6.07, 6.45) is 2.03. The van der Waals surface area contributed by atoms with Crippen LogP contribution < -0.4 is 0 Å². The fraction of sp³-hybridized carbons (Fsp3) is 0.333. The van der Waals surface area contributed by atoms with E-state index in [1.807, 2.05) is 0 Å². The molecule has 0 amide bonds. The van der Waals surface area contributed by atoms with Crippen molar-refractivity contribution in [1.82, 2.24) is 0 Å². The Morgan fingerprint density at radius 1 is 1.50 bits per heavy atom. The van der Waals surface area contributed by atoms with Crippen molar-refractivity contribution in [3.05, 3.63) is 12.3 Å². The fourth-order valence-electron chi connectivity index (χ4n) is 0.153. The molecule has 0 aliphatic carbocycles. The van der Waals surface area contributed by atoms with Crippen molar-refractivity contribution in [2.75, 3.05) is 6.61 Å². The maximum Gasteiger partial charge on any atom is 0.327 e. The molecule has 48 valence electrons. The topological polar surface area (TPSA) is 69.9 Å². The SMILES string of the molecule is OC=CCOP(O)O. The minimum absolute atomic E-state index is 0.0230. The Hall–Kier alpha value is -0.150. The van der Waals surface area contributed by atoms with Crippen molar-refractivity contribution >= 4 is 8.60 Å². The van der Waals surface area contributed by atoms with Crippen LogP contribution in [-0.2, 0) is 4.52 Å². The summed E-state index contributed by atoms with van der Waals surface area (Å²) >= 11 is 0. The molecule has 4 nitrogen and oxygen atoms in total. The van der Waals surface area contributed by atoms with Crippen molar-refractivity contribution in [3.8, 4) is 0 Å². The van der Waals surface area contributed by atoms with E-state index in [-0.39, 0.29) is 6.61 Å². The van der Waals surface area contributed by atoms with Crippen LogP contribution in [0.4, 0.5) is 0 Å². The van der Waals surface area contributed by atoms with Crippen LogP contribution in [0, 0.1) is 0 Å². The van der Waals surface area contributed by atoms with E-state index < -0.39 is 8.60 Å². The summed E-state index contributed by atoms with van der Waals surface area (Å²) in [6, 6.07) is 0. The molecule has 0 saturated heterocycles. The molecule has 0 saturated carbocycles. The summed E-state index contributed by atoms with van der Waals surface area (Å²) in [5.41, 5.74) is 0. The molecular formula is C3H7O4P. The van der Waals surface area contributed by atoms with Gasteiger partial charge in [0.05, 0.1) is 12.9 Å². The normalized spacial score (nSPS) is 11.4. The molecule has 3 N–H and O–H groups in total. The smallest absolute Gasteiger partial charge is 0.327 e. The Bertz CT molecular complexity index is 71.7. The van der Waals surface area contributed by atoms with Gasteiger partial charge in [0.15, 0.2) is 0 Å². The van der Waals surface area contributed by atoms with Gasteiger partial charge < -0.3 is 19.4 Å². The molecule has 0 rings (SSSR count). The van der Waals surface area contributed by atoms with Gasteiger partial charge in [-0.2, -0.15) is 0 Å². The van der Waals surface area contributed by atoms with Gasteiger partial charge in [-0.3, -0.25) is 0 Å². The number of hydrogen-bond acceptors (Lipinski definition) is 4. The van der Waals surface area contributed by atoms with E-state index in [4.69, 9.17) is 14.9 Å². The monoisotopic (exact) mass is 138 g/mol. The molecule has 0 aromatic heterocycles. The molecule has 0 bridgehead atoms. The molecule has 0 atom stereocenters. The molecule has 0 aliphatic heterocycles. The average molecular weight is 138 g/mol. The van der Waals surface area contributed by atoms with Crippen LogP contribution in [0.1, 0.15) is 0 Å². The zero-order valence-corrected chi connectivity index (χ0v) is 4.95. The van der Waals surface area contributed by atoms with Gasteiger partial charge in [0, 0.05) is 0 Å². The summed E-state index contributed by atoms with van der Waals surface area (Å²) in [5.74, 6) is 0. The van der Waals surface area contributed by atoms with E-state index in [0.29, 0.717) is 0 Å². The number of aliphatic hydroxyl groups excluding tert-OH is 1. The first-order valence-corrected chi connectivity index (χ1v) is 3.04. The van der Waals surface area contributed by atoms with Gasteiger partial charge in [0.25, 0.3) is 0 Å². The lowest BCUT2D eigenvalue weighted by atomic mass is 10.7. The molecule has 5 heteroatoms. The first-order chi connectivity index (χ1) is 3.77. The van der Waals surface area contributed by atoms with Crippen molar-refractivity contribution in [2.45, 2.75) is 0 Å². The van der Waals surface area contributed by atoms with E-state index in [2.05, 4.69) is 4.52 Å². The Kier molecular flexibility index (Phi) is 4.90. The van der Waals surface area contributed by atoms with E-state index in [1.165, 1.54) is 6.08 Å². The molecule has 0 spiro atoms. The molecule has 0 aromatic rings. The second-order valence-corrected chi connectivity index (χ2v) is 1.70. The van der Waals surface area contributed by atoms with Crippen LogP contribution in [0.2, 0.25) is 0 Å². The first-order valence-electron chi connectivity index (χ1n) is 1.87. The Morgan fingerprint density at radius 2 is 2.12 bits per heavy atom. The average Bonchev–Trinajstić information content (AvgIpc) is 1.66. The van der Waals surface area contributed by atoms with Crippen LogP contribution in [0.25, 0.3) is 0 Å². The fourth-order valence-corrected chi connectivity index (χ4v) is 0.372. The van der Waals surface area contributed by atoms with Gasteiger partial charge in [-0.1, -0.05) is 0 Å². The Morgan fingerprint density at radius 3 is 2.50 bits per heavy atom. The molecule has 0 heterocycles. The third kappa shape index (κ3) is 5.85. The highest BCUT2D eigenvalue weighted by Crippen LogP contribution is 2.23. The predicted molar refractivity (Wildman–Crippen MR) is 29.1 cm³/mol. The molecular weight excluding hydrogens is 131 g/mol. The third-order valence-corrected chi connectivity index (χ3v) is 0.772. The van der Waals surface area contributed by atoms with Crippen molar-refractivity contribution in [1.29, 1.82) is 0 Å². The van der Waals surface area contributed by atoms with Gasteiger partial charge >= 0.3 is 8.60 Å². The predicted octanol–water partition coefficient (Wildman–Crippen LogP) is 0.286. The van der Waals surface area contributed by atoms with Crippen LogP contribution >= 0.6 is 8.60 Å². The molecule has 0 radical (unpaired) electrons. The second-order valence-electron chi connectivity index (χ2n) is 0.933. The molecule has 0 aliphatic rings. The summed E-state index contributed by atoms with van der Waals surface area (Å²) in [4.78, 5) is 16.1. The maximum absolute atomic E-state index is 8.06. The summed E-state index contributed by atoms with van der Waals surface area (Å²) < 4.78 is 4.21. The quantitative estimate of drug-likeness (QED) is 0.387. The largest absolute Gasteiger partial charge is 0.516 e. The number of hydrogen-bond donors (Lipinski definition) is 3. The lowest BCUT2D eigenvalue weighted by Gasteiger charge is -1.96. The first kappa shape index (κ1) is 7.85. The highest BCUT2D eigenvalue weighted by molar-refractivity contribution is 7.39. The van der Waals surface area contributed by atoms with Gasteiger partial charge in [0.2, 0.25) is 0 Å². The third-order valence-electron chi connectivity index (χ3n) is 0.392. The minimum atomic E-state index is -2.27. The van der Waals surface area contributed by atoms with Gasteiger partial charge in [-0.25, -0.2) is 0 Å². The molecule has 8 heavy (non-hydrogen) atoms. The zero-order valence-electron chi connectivity index (χ0n) is 4.06. The summed E-state index contributed by atoms with van der Waals surface area (Å²) in [6.45, 7) is 0.0230. The van der Waals surface area contributed by atoms with Gasteiger partial charge in [0.1, 0.15) is 0 Å². The summed E-state index contributed by atoms with van der Waals surface area (Å²) in [7, 11) is -2.27. The van der Waals surface area contributed by atoms with E-state index >= 15 is 0 Å². The van der Waals surface area contributed by atoms with Gasteiger partial charge in [-0.05, 0) is 6.08 Å². The Labute approximate surface area is 48.0 Å². The highest BCUT2D eigenvalue weighted by Gasteiger charge is 1.93. The van der Waals surface area contributed by atoms with E-state index in [1.54, 1.807) is 0 Å². The van der Waals surface area contributed by atoms with Crippen LogP contribution in [-0.4, -0.2) is 21.5 Å². The molecule has 0 fully saturated rings. The maximum atomic E-state index is 8.06.